The summed E-state index contributed by atoms with van der Waals surface area (Å²) in [5, 5.41) is 3.77. The highest BCUT2D eigenvalue weighted by molar-refractivity contribution is 6.30. The second-order valence-corrected chi connectivity index (χ2v) is 6.81. The molecule has 1 atom stereocenters. The molecule has 2 amide bonds. The van der Waals surface area contributed by atoms with Gasteiger partial charge in [-0.3, -0.25) is 20.4 Å². The van der Waals surface area contributed by atoms with Gasteiger partial charge in [0, 0.05) is 35.4 Å². The zero-order valence-electron chi connectivity index (χ0n) is 16.5. The smallest absolute Gasteiger partial charge is 0.269 e. The Balaban J connectivity index is 1.78. The molecule has 3 N–H and O–H groups in total. The maximum atomic E-state index is 12.2. The standard InChI is InChI=1S/C21H27ClN4O2/c1-4-26(5-2)19-12-8-17(9-13-19)21(28)25-24-20(27)14-23-15(3)16-6-10-18(22)11-7-16/h6-13,15,23H,4-5,14H2,1-3H3,(H,24,27)(H,25,28)/t15-/m0/s1. The number of rotatable bonds is 8. The van der Waals surface area contributed by atoms with Crippen LogP contribution in [0.25, 0.3) is 0 Å². The molecular weight excluding hydrogens is 376 g/mol. The summed E-state index contributed by atoms with van der Waals surface area (Å²) in [5.41, 5.74) is 7.43. The molecule has 0 spiro atoms. The molecule has 150 valence electrons. The molecule has 7 heteroatoms. The summed E-state index contributed by atoms with van der Waals surface area (Å²) in [6.07, 6.45) is 0. The van der Waals surface area contributed by atoms with Crippen LogP contribution in [-0.2, 0) is 4.79 Å². The summed E-state index contributed by atoms with van der Waals surface area (Å²) < 4.78 is 0. The molecule has 2 aromatic carbocycles. The van der Waals surface area contributed by atoms with Crippen LogP contribution in [0.1, 0.15) is 42.7 Å². The van der Waals surface area contributed by atoms with Gasteiger partial charge in [0.1, 0.15) is 0 Å². The van der Waals surface area contributed by atoms with Crippen molar-refractivity contribution in [1.82, 2.24) is 16.2 Å². The molecule has 0 aliphatic carbocycles. The van der Waals surface area contributed by atoms with E-state index in [2.05, 4.69) is 34.9 Å². The fourth-order valence-corrected chi connectivity index (χ4v) is 2.90. The number of hydrogen-bond donors (Lipinski definition) is 3. The van der Waals surface area contributed by atoms with E-state index >= 15 is 0 Å². The lowest BCUT2D eigenvalue weighted by Crippen LogP contribution is -2.45. The van der Waals surface area contributed by atoms with E-state index in [9.17, 15) is 9.59 Å². The second kappa shape index (κ2) is 10.7. The lowest BCUT2D eigenvalue weighted by atomic mass is 10.1. The number of benzene rings is 2. The Bertz CT molecular complexity index is 774. The zero-order valence-corrected chi connectivity index (χ0v) is 17.2. The molecule has 0 radical (unpaired) electrons. The second-order valence-electron chi connectivity index (χ2n) is 6.38. The molecule has 0 aliphatic rings. The van der Waals surface area contributed by atoms with Gasteiger partial charge in [0.05, 0.1) is 6.54 Å². The molecule has 0 aromatic heterocycles. The summed E-state index contributed by atoms with van der Waals surface area (Å²) in [7, 11) is 0. The number of halogens is 1. The molecule has 2 aromatic rings. The first-order chi connectivity index (χ1) is 13.4. The molecule has 2 rings (SSSR count). The number of carbonyl (C=O) groups excluding carboxylic acids is 2. The van der Waals surface area contributed by atoms with Crippen LogP contribution in [-0.4, -0.2) is 31.4 Å². The highest BCUT2D eigenvalue weighted by Crippen LogP contribution is 2.16. The SMILES string of the molecule is CCN(CC)c1ccc(C(=O)NNC(=O)CN[C@@H](C)c2ccc(Cl)cc2)cc1. The quantitative estimate of drug-likeness (QED) is 0.592. The van der Waals surface area contributed by atoms with Crippen molar-refractivity contribution in [1.29, 1.82) is 0 Å². The average Bonchev–Trinajstić information content (AvgIpc) is 2.72. The predicted molar refractivity (Wildman–Crippen MR) is 113 cm³/mol. The van der Waals surface area contributed by atoms with Gasteiger partial charge in [-0.25, -0.2) is 0 Å². The fourth-order valence-electron chi connectivity index (χ4n) is 2.77. The number of nitrogens with zero attached hydrogens (tertiary/aromatic N) is 1. The minimum Gasteiger partial charge on any atom is -0.372 e. The van der Waals surface area contributed by atoms with Gasteiger partial charge in [-0.05, 0) is 62.7 Å². The van der Waals surface area contributed by atoms with Gasteiger partial charge in [0.2, 0.25) is 0 Å². The van der Waals surface area contributed by atoms with Crippen molar-refractivity contribution in [2.45, 2.75) is 26.8 Å². The predicted octanol–water partition coefficient (Wildman–Crippen LogP) is 3.30. The minimum atomic E-state index is -0.356. The molecule has 28 heavy (non-hydrogen) atoms. The van der Waals surface area contributed by atoms with Crippen molar-refractivity contribution in [3.05, 3.63) is 64.7 Å². The number of nitrogens with one attached hydrogen (secondary N) is 3. The Morgan fingerprint density at radius 2 is 1.57 bits per heavy atom. The summed E-state index contributed by atoms with van der Waals surface area (Å²) in [5.74, 6) is -0.681. The van der Waals surface area contributed by atoms with Gasteiger partial charge in [-0.1, -0.05) is 23.7 Å². The van der Waals surface area contributed by atoms with Gasteiger partial charge in [0.15, 0.2) is 0 Å². The lowest BCUT2D eigenvalue weighted by molar-refractivity contribution is -0.121. The molecule has 0 fully saturated rings. The van der Waals surface area contributed by atoms with Crippen molar-refractivity contribution in [2.24, 2.45) is 0 Å². The van der Waals surface area contributed by atoms with E-state index in [1.54, 1.807) is 24.3 Å². The molecule has 0 saturated carbocycles. The van der Waals surface area contributed by atoms with Crippen LogP contribution >= 0.6 is 11.6 Å². The molecule has 0 saturated heterocycles. The third-order valence-electron chi connectivity index (χ3n) is 4.51. The first-order valence-electron chi connectivity index (χ1n) is 9.37. The lowest BCUT2D eigenvalue weighted by Gasteiger charge is -2.21. The average molecular weight is 403 g/mol. The van der Waals surface area contributed by atoms with Crippen molar-refractivity contribution in [3.63, 3.8) is 0 Å². The van der Waals surface area contributed by atoms with Crippen LogP contribution in [0.3, 0.4) is 0 Å². The Morgan fingerprint density at radius 3 is 2.14 bits per heavy atom. The van der Waals surface area contributed by atoms with Crippen molar-refractivity contribution >= 4 is 29.1 Å². The van der Waals surface area contributed by atoms with E-state index in [-0.39, 0.29) is 24.4 Å². The first kappa shape index (κ1) is 21.7. The maximum absolute atomic E-state index is 12.2. The van der Waals surface area contributed by atoms with E-state index in [1.165, 1.54) is 0 Å². The van der Waals surface area contributed by atoms with Crippen LogP contribution in [0.2, 0.25) is 5.02 Å². The molecule has 0 bridgehead atoms. The van der Waals surface area contributed by atoms with Crippen LogP contribution in [0, 0.1) is 0 Å². The topological polar surface area (TPSA) is 73.5 Å². The zero-order chi connectivity index (χ0) is 20.5. The first-order valence-corrected chi connectivity index (χ1v) is 9.75. The molecule has 0 aliphatic heterocycles. The number of hydrogen-bond acceptors (Lipinski definition) is 4. The highest BCUT2D eigenvalue weighted by Gasteiger charge is 2.10. The fraction of sp³-hybridized carbons (Fsp3) is 0.333. The van der Waals surface area contributed by atoms with E-state index < -0.39 is 0 Å². The number of anilines is 1. The number of hydrazine groups is 1. The van der Waals surface area contributed by atoms with Crippen LogP contribution in [0.4, 0.5) is 5.69 Å². The van der Waals surface area contributed by atoms with E-state index in [0.717, 1.165) is 24.3 Å². The van der Waals surface area contributed by atoms with Crippen LogP contribution in [0.5, 0.6) is 0 Å². The maximum Gasteiger partial charge on any atom is 0.269 e. The highest BCUT2D eigenvalue weighted by atomic mass is 35.5. The summed E-state index contributed by atoms with van der Waals surface area (Å²) in [6.45, 7) is 8.00. The number of carbonyl (C=O) groups is 2. The van der Waals surface area contributed by atoms with Crippen LogP contribution in [0.15, 0.2) is 48.5 Å². The third-order valence-corrected chi connectivity index (χ3v) is 4.76. The minimum absolute atomic E-state index is 0.0219. The summed E-state index contributed by atoms with van der Waals surface area (Å²) in [6, 6.07) is 14.7. The van der Waals surface area contributed by atoms with Gasteiger partial charge < -0.3 is 10.2 Å². The number of amides is 2. The van der Waals surface area contributed by atoms with Gasteiger partial charge >= 0.3 is 0 Å². The van der Waals surface area contributed by atoms with E-state index in [0.29, 0.717) is 10.6 Å². The Labute approximate surface area is 171 Å². The normalized spacial score (nSPS) is 11.6. The monoisotopic (exact) mass is 402 g/mol. The molecular formula is C21H27ClN4O2. The van der Waals surface area contributed by atoms with Crippen LogP contribution < -0.4 is 21.1 Å². The van der Waals surface area contributed by atoms with Gasteiger partial charge in [0.25, 0.3) is 11.8 Å². The van der Waals surface area contributed by atoms with Gasteiger partial charge in [-0.2, -0.15) is 0 Å². The summed E-state index contributed by atoms with van der Waals surface area (Å²) in [4.78, 5) is 26.4. The van der Waals surface area contributed by atoms with Gasteiger partial charge in [-0.15, -0.1) is 0 Å². The Kier molecular flexibility index (Phi) is 8.29. The Morgan fingerprint density at radius 1 is 0.964 bits per heavy atom. The van der Waals surface area contributed by atoms with E-state index in [4.69, 9.17) is 11.6 Å². The van der Waals surface area contributed by atoms with E-state index in [1.807, 2.05) is 31.2 Å². The largest absolute Gasteiger partial charge is 0.372 e. The van der Waals surface area contributed by atoms with Crippen molar-refractivity contribution in [2.75, 3.05) is 24.5 Å². The van der Waals surface area contributed by atoms with Crippen molar-refractivity contribution < 1.29 is 9.59 Å². The Hall–Kier alpha value is -2.57. The molecule has 6 nitrogen and oxygen atoms in total. The molecule has 0 heterocycles. The third kappa shape index (κ3) is 6.25. The van der Waals surface area contributed by atoms with Crippen molar-refractivity contribution in [3.8, 4) is 0 Å². The summed E-state index contributed by atoms with van der Waals surface area (Å²) >= 11 is 5.88. The molecule has 0 unspecified atom stereocenters.